The van der Waals surface area contributed by atoms with Gasteiger partial charge in [-0.15, -0.1) is 11.3 Å². The fourth-order valence-electron chi connectivity index (χ4n) is 2.81. The van der Waals surface area contributed by atoms with E-state index in [1.165, 1.54) is 4.88 Å². The number of carbonyl (C=O) groups is 2. The van der Waals surface area contributed by atoms with Crippen molar-refractivity contribution >= 4 is 39.3 Å². The zero-order chi connectivity index (χ0) is 18.4. The first-order valence-corrected chi connectivity index (χ1v) is 10.4. The normalized spacial score (nSPS) is 15.9. The van der Waals surface area contributed by atoms with E-state index < -0.39 is 5.60 Å². The van der Waals surface area contributed by atoms with E-state index in [1.54, 1.807) is 11.3 Å². The molecule has 1 aromatic rings. The van der Waals surface area contributed by atoms with Crippen LogP contribution in [-0.4, -0.2) is 41.6 Å². The van der Waals surface area contributed by atoms with Gasteiger partial charge in [0.15, 0.2) is 0 Å². The first-order chi connectivity index (χ1) is 11.7. The second-order valence-electron chi connectivity index (χ2n) is 7.36. The Morgan fingerprint density at radius 2 is 2.00 bits per heavy atom. The summed E-state index contributed by atoms with van der Waals surface area (Å²) in [5.41, 5.74) is -0.487. The number of thiophene rings is 1. The molecule has 0 unspecified atom stereocenters. The quantitative estimate of drug-likeness (QED) is 0.754. The second-order valence-corrected chi connectivity index (χ2v) is 9.91. The van der Waals surface area contributed by atoms with E-state index in [0.717, 1.165) is 29.5 Å². The molecule has 1 aliphatic heterocycles. The number of alkyl carbamates (subject to hydrolysis) is 1. The smallest absolute Gasteiger partial charge is 0.407 e. The molecule has 1 saturated heterocycles. The number of hydrogen-bond acceptors (Lipinski definition) is 4. The van der Waals surface area contributed by atoms with E-state index in [2.05, 4.69) is 27.3 Å². The summed E-state index contributed by atoms with van der Waals surface area (Å²) in [5, 5.41) is 2.90. The molecule has 0 atom stereocenters. The monoisotopic (exact) mass is 430 g/mol. The van der Waals surface area contributed by atoms with Crippen LogP contribution in [0.4, 0.5) is 4.79 Å². The summed E-state index contributed by atoms with van der Waals surface area (Å²) in [4.78, 5) is 27.3. The number of hydrogen-bond donors (Lipinski definition) is 1. The van der Waals surface area contributed by atoms with E-state index >= 15 is 0 Å². The van der Waals surface area contributed by atoms with Crippen molar-refractivity contribution in [1.82, 2.24) is 10.2 Å². The average Bonchev–Trinajstić information content (AvgIpc) is 2.91. The molecule has 2 amide bonds. The van der Waals surface area contributed by atoms with Crippen molar-refractivity contribution in [2.75, 3.05) is 13.1 Å². The number of amides is 2. The fourth-order valence-corrected chi connectivity index (χ4v) is 4.33. The number of nitrogens with one attached hydrogen (secondary N) is 1. The Balaban J connectivity index is 1.65. The Bertz CT molecular complexity index is 589. The molecule has 0 aliphatic carbocycles. The van der Waals surface area contributed by atoms with Gasteiger partial charge in [-0.05, 0) is 74.5 Å². The second kappa shape index (κ2) is 9.03. The summed E-state index contributed by atoms with van der Waals surface area (Å²) in [6.07, 6.45) is 3.59. The SMILES string of the molecule is CC(C)(C)OC(=O)NC1CCN(C(=O)CCCc2ccc(Br)s2)CC1. The highest BCUT2D eigenvalue weighted by atomic mass is 79.9. The van der Waals surface area contributed by atoms with E-state index in [4.69, 9.17) is 4.74 Å². The first kappa shape index (κ1) is 20.2. The Kier molecular flexibility index (Phi) is 7.31. The van der Waals surface area contributed by atoms with Crippen LogP contribution in [0.5, 0.6) is 0 Å². The molecule has 2 rings (SSSR count). The standard InChI is InChI=1S/C18H27BrN2O3S/c1-18(2,3)24-17(23)20-13-9-11-21(12-10-13)16(22)6-4-5-14-7-8-15(19)25-14/h7-8,13H,4-6,9-12H2,1-3H3,(H,20,23). The van der Waals surface area contributed by atoms with Crippen molar-refractivity contribution in [3.8, 4) is 0 Å². The molecular weight excluding hydrogens is 404 g/mol. The summed E-state index contributed by atoms with van der Waals surface area (Å²) in [7, 11) is 0. The molecule has 0 radical (unpaired) electrons. The molecule has 1 aromatic heterocycles. The maximum absolute atomic E-state index is 12.3. The van der Waals surface area contributed by atoms with Gasteiger partial charge in [-0.3, -0.25) is 4.79 Å². The lowest BCUT2D eigenvalue weighted by Gasteiger charge is -2.33. The van der Waals surface area contributed by atoms with Crippen LogP contribution in [0, 0.1) is 0 Å². The summed E-state index contributed by atoms with van der Waals surface area (Å²) >= 11 is 5.18. The van der Waals surface area contributed by atoms with Crippen molar-refractivity contribution in [1.29, 1.82) is 0 Å². The third kappa shape index (κ3) is 7.36. The number of rotatable bonds is 5. The van der Waals surface area contributed by atoms with Crippen molar-refractivity contribution in [3.63, 3.8) is 0 Å². The fraction of sp³-hybridized carbons (Fsp3) is 0.667. The molecule has 1 fully saturated rings. The Morgan fingerprint density at radius 3 is 2.56 bits per heavy atom. The summed E-state index contributed by atoms with van der Waals surface area (Å²) < 4.78 is 6.41. The maximum atomic E-state index is 12.3. The summed E-state index contributed by atoms with van der Waals surface area (Å²) in [6, 6.07) is 4.24. The number of likely N-dealkylation sites (tertiary alicyclic amines) is 1. The van der Waals surface area contributed by atoms with E-state index in [-0.39, 0.29) is 18.0 Å². The summed E-state index contributed by atoms with van der Waals surface area (Å²) in [6.45, 7) is 6.95. The van der Waals surface area contributed by atoms with Gasteiger partial charge in [-0.2, -0.15) is 0 Å². The molecule has 0 spiro atoms. The zero-order valence-electron chi connectivity index (χ0n) is 15.1. The maximum Gasteiger partial charge on any atom is 0.407 e. The van der Waals surface area contributed by atoms with Gasteiger partial charge in [0.25, 0.3) is 0 Å². The highest BCUT2D eigenvalue weighted by Crippen LogP contribution is 2.23. The first-order valence-electron chi connectivity index (χ1n) is 8.74. The van der Waals surface area contributed by atoms with Crippen molar-refractivity contribution in [2.24, 2.45) is 0 Å². The van der Waals surface area contributed by atoms with Gasteiger partial charge in [0.05, 0.1) is 3.79 Å². The van der Waals surface area contributed by atoms with Crippen LogP contribution in [0.15, 0.2) is 15.9 Å². The van der Waals surface area contributed by atoms with Crippen LogP contribution in [0.3, 0.4) is 0 Å². The van der Waals surface area contributed by atoms with E-state index in [9.17, 15) is 9.59 Å². The highest BCUT2D eigenvalue weighted by Gasteiger charge is 2.25. The minimum atomic E-state index is -0.487. The molecule has 0 saturated carbocycles. The molecule has 7 heteroatoms. The van der Waals surface area contributed by atoms with Crippen LogP contribution in [0.1, 0.15) is 51.3 Å². The van der Waals surface area contributed by atoms with Crippen LogP contribution >= 0.6 is 27.3 Å². The van der Waals surface area contributed by atoms with Gasteiger partial charge in [0.2, 0.25) is 5.91 Å². The van der Waals surface area contributed by atoms with E-state index in [0.29, 0.717) is 19.5 Å². The Labute approximate surface area is 162 Å². The van der Waals surface area contributed by atoms with Crippen molar-refractivity contribution < 1.29 is 14.3 Å². The summed E-state index contributed by atoms with van der Waals surface area (Å²) in [5.74, 6) is 0.214. The number of piperidine rings is 1. The molecule has 1 N–H and O–H groups in total. The third-order valence-corrected chi connectivity index (χ3v) is 5.69. The predicted octanol–water partition coefficient (Wildman–Crippen LogP) is 4.35. The van der Waals surface area contributed by atoms with E-state index in [1.807, 2.05) is 31.7 Å². The van der Waals surface area contributed by atoms with Gasteiger partial charge < -0.3 is 15.0 Å². The number of aryl methyl sites for hydroxylation is 1. The van der Waals surface area contributed by atoms with Gasteiger partial charge in [-0.25, -0.2) is 4.79 Å². The molecule has 140 valence electrons. The molecule has 2 heterocycles. The third-order valence-electron chi connectivity index (χ3n) is 4.01. The Hall–Kier alpha value is -1.08. The van der Waals surface area contributed by atoms with Crippen LogP contribution in [-0.2, 0) is 16.0 Å². The molecule has 1 aliphatic rings. The van der Waals surface area contributed by atoms with Gasteiger partial charge in [0, 0.05) is 30.4 Å². The lowest BCUT2D eigenvalue weighted by atomic mass is 10.0. The molecule has 25 heavy (non-hydrogen) atoms. The number of nitrogens with zero attached hydrogens (tertiary/aromatic N) is 1. The highest BCUT2D eigenvalue weighted by molar-refractivity contribution is 9.11. The molecule has 0 aromatic carbocycles. The van der Waals surface area contributed by atoms with Crippen LogP contribution in [0.25, 0.3) is 0 Å². The molecule has 5 nitrogen and oxygen atoms in total. The number of ether oxygens (including phenoxy) is 1. The van der Waals surface area contributed by atoms with Gasteiger partial charge in [-0.1, -0.05) is 0 Å². The minimum absolute atomic E-state index is 0.0855. The lowest BCUT2D eigenvalue weighted by molar-refractivity contribution is -0.132. The van der Waals surface area contributed by atoms with Crippen LogP contribution < -0.4 is 5.32 Å². The van der Waals surface area contributed by atoms with Crippen molar-refractivity contribution in [3.05, 3.63) is 20.8 Å². The largest absolute Gasteiger partial charge is 0.444 e. The average molecular weight is 431 g/mol. The van der Waals surface area contributed by atoms with Crippen molar-refractivity contribution in [2.45, 2.75) is 64.5 Å². The molecular formula is C18H27BrN2O3S. The molecule has 0 bridgehead atoms. The Morgan fingerprint density at radius 1 is 1.32 bits per heavy atom. The van der Waals surface area contributed by atoms with Crippen LogP contribution in [0.2, 0.25) is 0 Å². The minimum Gasteiger partial charge on any atom is -0.444 e. The predicted molar refractivity (Wildman–Crippen MR) is 104 cm³/mol. The van der Waals surface area contributed by atoms with Gasteiger partial charge in [0.1, 0.15) is 5.60 Å². The zero-order valence-corrected chi connectivity index (χ0v) is 17.5. The topological polar surface area (TPSA) is 58.6 Å². The lowest BCUT2D eigenvalue weighted by Crippen LogP contribution is -2.47. The number of carbonyl (C=O) groups excluding carboxylic acids is 2. The van der Waals surface area contributed by atoms with Gasteiger partial charge >= 0.3 is 6.09 Å². The number of halogens is 1.